The molecule has 26 heavy (non-hydrogen) atoms. The molecule has 3 aliphatic rings. The first kappa shape index (κ1) is 17.5. The Labute approximate surface area is 155 Å². The number of carbonyl (C=O) groups excluding carboxylic acids is 1. The highest BCUT2D eigenvalue weighted by Gasteiger charge is 2.23. The quantitative estimate of drug-likeness (QED) is 0.789. The van der Waals surface area contributed by atoms with Gasteiger partial charge in [0.05, 0.1) is 0 Å². The maximum atomic E-state index is 11.7. The minimum absolute atomic E-state index is 0.327. The molecule has 0 spiro atoms. The number of hydrogen-bond donors (Lipinski definition) is 0. The largest absolute Gasteiger partial charge is 0.355 e. The SMILES string of the molecule is O=C1CCCN1CCN1CCN(c2ccc(N3CCCCC3)nn2)CC1. The fourth-order valence-corrected chi connectivity index (χ4v) is 4.18. The van der Waals surface area contributed by atoms with E-state index < -0.39 is 0 Å². The molecule has 0 aliphatic carbocycles. The van der Waals surface area contributed by atoms with E-state index in [2.05, 4.69) is 37.0 Å². The van der Waals surface area contributed by atoms with Gasteiger partial charge in [0.2, 0.25) is 5.91 Å². The Morgan fingerprint density at radius 3 is 1.96 bits per heavy atom. The Morgan fingerprint density at radius 2 is 1.38 bits per heavy atom. The summed E-state index contributed by atoms with van der Waals surface area (Å²) in [5, 5.41) is 8.95. The smallest absolute Gasteiger partial charge is 0.222 e. The summed E-state index contributed by atoms with van der Waals surface area (Å²) in [6.45, 7) is 9.02. The number of piperazine rings is 1. The van der Waals surface area contributed by atoms with Gasteiger partial charge >= 0.3 is 0 Å². The summed E-state index contributed by atoms with van der Waals surface area (Å²) in [7, 11) is 0. The minimum atomic E-state index is 0.327. The van der Waals surface area contributed by atoms with E-state index in [-0.39, 0.29) is 0 Å². The maximum Gasteiger partial charge on any atom is 0.222 e. The van der Waals surface area contributed by atoms with Crippen LogP contribution in [0.1, 0.15) is 32.1 Å². The van der Waals surface area contributed by atoms with Crippen molar-refractivity contribution in [2.45, 2.75) is 32.1 Å². The number of carbonyl (C=O) groups is 1. The molecule has 3 saturated heterocycles. The maximum absolute atomic E-state index is 11.7. The summed E-state index contributed by atoms with van der Waals surface area (Å²) >= 11 is 0. The highest BCUT2D eigenvalue weighted by atomic mass is 16.2. The van der Waals surface area contributed by atoms with E-state index in [1.165, 1.54) is 19.3 Å². The number of amides is 1. The van der Waals surface area contributed by atoms with Crippen LogP contribution in [0.15, 0.2) is 12.1 Å². The lowest BCUT2D eigenvalue weighted by atomic mass is 10.1. The van der Waals surface area contributed by atoms with Gasteiger partial charge in [-0.1, -0.05) is 0 Å². The monoisotopic (exact) mass is 358 g/mol. The lowest BCUT2D eigenvalue weighted by molar-refractivity contribution is -0.127. The number of anilines is 2. The van der Waals surface area contributed by atoms with Crippen LogP contribution in [0.5, 0.6) is 0 Å². The molecule has 4 rings (SSSR count). The summed E-state index contributed by atoms with van der Waals surface area (Å²) < 4.78 is 0. The Balaban J connectivity index is 1.24. The molecule has 0 atom stereocenters. The summed E-state index contributed by atoms with van der Waals surface area (Å²) in [5.41, 5.74) is 0. The van der Waals surface area contributed by atoms with Gasteiger partial charge in [-0.25, -0.2) is 0 Å². The second-order valence-electron chi connectivity index (χ2n) is 7.61. The third-order valence-corrected chi connectivity index (χ3v) is 5.87. The molecule has 3 aliphatic heterocycles. The third-order valence-electron chi connectivity index (χ3n) is 5.87. The summed E-state index contributed by atoms with van der Waals surface area (Å²) in [6.07, 6.45) is 5.61. The van der Waals surface area contributed by atoms with E-state index in [4.69, 9.17) is 0 Å². The standard InChI is InChI=1S/C19H30N6O/c26-19-5-4-10-25(19)16-13-22-11-14-24(15-12-22)18-7-6-17(20-21-18)23-8-2-1-3-9-23/h6-7H,1-5,8-16H2. The van der Waals surface area contributed by atoms with Crippen LogP contribution in [0.3, 0.4) is 0 Å². The van der Waals surface area contributed by atoms with E-state index in [0.29, 0.717) is 5.91 Å². The first-order chi connectivity index (χ1) is 12.8. The molecule has 1 amide bonds. The predicted octanol–water partition coefficient (Wildman–Crippen LogP) is 1.21. The minimum Gasteiger partial charge on any atom is -0.355 e. The van der Waals surface area contributed by atoms with Gasteiger partial charge in [0.1, 0.15) is 0 Å². The number of aromatic nitrogens is 2. The predicted molar refractivity (Wildman–Crippen MR) is 103 cm³/mol. The van der Waals surface area contributed by atoms with E-state index in [9.17, 15) is 4.79 Å². The molecule has 7 nitrogen and oxygen atoms in total. The van der Waals surface area contributed by atoms with Gasteiger partial charge in [0.15, 0.2) is 11.6 Å². The van der Waals surface area contributed by atoms with Crippen molar-refractivity contribution in [1.29, 1.82) is 0 Å². The topological polar surface area (TPSA) is 55.8 Å². The second-order valence-corrected chi connectivity index (χ2v) is 7.61. The third kappa shape index (κ3) is 4.09. The molecule has 1 aromatic heterocycles. The van der Waals surface area contributed by atoms with Crippen molar-refractivity contribution >= 4 is 17.5 Å². The van der Waals surface area contributed by atoms with E-state index >= 15 is 0 Å². The molecule has 3 fully saturated rings. The zero-order valence-electron chi connectivity index (χ0n) is 15.6. The average Bonchev–Trinajstić information content (AvgIpc) is 3.12. The molecule has 142 valence electrons. The van der Waals surface area contributed by atoms with Gasteiger partial charge in [0, 0.05) is 65.3 Å². The summed E-state index contributed by atoms with van der Waals surface area (Å²) in [4.78, 5) is 20.8. The van der Waals surface area contributed by atoms with Gasteiger partial charge < -0.3 is 14.7 Å². The van der Waals surface area contributed by atoms with Gasteiger partial charge in [0.25, 0.3) is 0 Å². The van der Waals surface area contributed by atoms with Crippen LogP contribution in [0.2, 0.25) is 0 Å². The van der Waals surface area contributed by atoms with Crippen LogP contribution in [0.4, 0.5) is 11.6 Å². The Morgan fingerprint density at radius 1 is 0.731 bits per heavy atom. The number of likely N-dealkylation sites (tertiary alicyclic amines) is 1. The van der Waals surface area contributed by atoms with Crippen LogP contribution in [-0.2, 0) is 4.79 Å². The van der Waals surface area contributed by atoms with Gasteiger partial charge in [-0.05, 0) is 37.8 Å². The molecule has 4 heterocycles. The van der Waals surface area contributed by atoms with Gasteiger partial charge in [-0.15, -0.1) is 10.2 Å². The number of hydrogen-bond acceptors (Lipinski definition) is 6. The Kier molecular flexibility index (Phi) is 5.53. The Hall–Kier alpha value is -1.89. The van der Waals surface area contributed by atoms with Crippen molar-refractivity contribution in [3.63, 3.8) is 0 Å². The zero-order valence-corrected chi connectivity index (χ0v) is 15.6. The normalized spacial score (nSPS) is 22.3. The lowest BCUT2D eigenvalue weighted by Crippen LogP contribution is -2.49. The molecule has 0 unspecified atom stereocenters. The fourth-order valence-electron chi connectivity index (χ4n) is 4.18. The molecule has 0 aromatic carbocycles. The first-order valence-corrected chi connectivity index (χ1v) is 10.1. The molecule has 0 saturated carbocycles. The molecule has 1 aromatic rings. The Bertz CT molecular complexity index is 593. The average molecular weight is 358 g/mol. The highest BCUT2D eigenvalue weighted by molar-refractivity contribution is 5.78. The van der Waals surface area contributed by atoms with Crippen LogP contribution in [0.25, 0.3) is 0 Å². The van der Waals surface area contributed by atoms with E-state index in [1.54, 1.807) is 0 Å². The molecule has 0 radical (unpaired) electrons. The van der Waals surface area contributed by atoms with Crippen molar-refractivity contribution in [2.24, 2.45) is 0 Å². The number of rotatable bonds is 5. The molecule has 0 N–H and O–H groups in total. The van der Waals surface area contributed by atoms with Crippen LogP contribution >= 0.6 is 0 Å². The van der Waals surface area contributed by atoms with Crippen molar-refractivity contribution in [3.8, 4) is 0 Å². The first-order valence-electron chi connectivity index (χ1n) is 10.1. The fraction of sp³-hybridized carbons (Fsp3) is 0.737. The van der Waals surface area contributed by atoms with E-state index in [0.717, 1.165) is 83.4 Å². The number of piperidine rings is 1. The second kappa shape index (κ2) is 8.20. The van der Waals surface area contributed by atoms with Crippen molar-refractivity contribution in [2.75, 3.05) is 68.7 Å². The van der Waals surface area contributed by atoms with Crippen molar-refractivity contribution in [1.82, 2.24) is 20.0 Å². The van der Waals surface area contributed by atoms with Crippen LogP contribution < -0.4 is 9.80 Å². The van der Waals surface area contributed by atoms with Crippen molar-refractivity contribution < 1.29 is 4.79 Å². The summed E-state index contributed by atoms with van der Waals surface area (Å²) in [5.74, 6) is 2.33. The van der Waals surface area contributed by atoms with Gasteiger partial charge in [-0.3, -0.25) is 9.69 Å². The molecular formula is C19H30N6O. The highest BCUT2D eigenvalue weighted by Crippen LogP contribution is 2.20. The summed E-state index contributed by atoms with van der Waals surface area (Å²) in [6, 6.07) is 4.24. The van der Waals surface area contributed by atoms with Crippen LogP contribution in [-0.4, -0.2) is 84.8 Å². The lowest BCUT2D eigenvalue weighted by Gasteiger charge is -2.36. The van der Waals surface area contributed by atoms with Gasteiger partial charge in [-0.2, -0.15) is 0 Å². The zero-order chi connectivity index (χ0) is 17.8. The molecule has 7 heteroatoms. The number of nitrogens with zero attached hydrogens (tertiary/aromatic N) is 6. The van der Waals surface area contributed by atoms with Crippen molar-refractivity contribution in [3.05, 3.63) is 12.1 Å². The van der Waals surface area contributed by atoms with Crippen LogP contribution in [0, 0.1) is 0 Å². The molecular weight excluding hydrogens is 328 g/mol. The van der Waals surface area contributed by atoms with E-state index in [1.807, 2.05) is 4.90 Å². The molecule has 0 bridgehead atoms.